The molecule has 0 saturated carbocycles. The summed E-state index contributed by atoms with van der Waals surface area (Å²) in [7, 11) is 1.74. The molecular formula is C10H11BrN4OS2. The highest BCUT2D eigenvalue weighted by Gasteiger charge is 2.15. The lowest BCUT2D eigenvalue weighted by atomic mass is 10.4. The molecule has 8 heteroatoms. The van der Waals surface area contributed by atoms with E-state index in [0.29, 0.717) is 16.6 Å². The van der Waals surface area contributed by atoms with Crippen LogP contribution in [-0.2, 0) is 6.54 Å². The van der Waals surface area contributed by atoms with Crippen LogP contribution in [-0.4, -0.2) is 17.9 Å². The zero-order valence-electron chi connectivity index (χ0n) is 9.49. The number of nitrogens with one attached hydrogen (secondary N) is 2. The minimum absolute atomic E-state index is 0.202. The van der Waals surface area contributed by atoms with E-state index in [1.807, 2.05) is 11.4 Å². The summed E-state index contributed by atoms with van der Waals surface area (Å²) < 4.78 is 1.00. The van der Waals surface area contributed by atoms with Gasteiger partial charge in [-0.25, -0.2) is 4.98 Å². The predicted molar refractivity (Wildman–Crippen MR) is 79.3 cm³/mol. The van der Waals surface area contributed by atoms with Crippen molar-refractivity contribution in [3.05, 3.63) is 25.7 Å². The number of nitrogens with two attached hydrogens (primary N) is 1. The van der Waals surface area contributed by atoms with E-state index in [1.165, 1.54) is 11.3 Å². The Hall–Kier alpha value is -1.12. The Labute approximate surface area is 121 Å². The van der Waals surface area contributed by atoms with Gasteiger partial charge in [0.05, 0.1) is 6.54 Å². The number of amides is 1. The number of nitrogens with zero attached hydrogens (tertiary/aromatic N) is 1. The van der Waals surface area contributed by atoms with Crippen molar-refractivity contribution in [3.63, 3.8) is 0 Å². The molecule has 0 fully saturated rings. The predicted octanol–water partition coefficient (Wildman–Crippen LogP) is 2.52. The number of anilines is 2. The summed E-state index contributed by atoms with van der Waals surface area (Å²) in [6, 6.07) is 1.95. The van der Waals surface area contributed by atoms with Gasteiger partial charge in [-0.2, -0.15) is 0 Å². The molecule has 0 spiro atoms. The van der Waals surface area contributed by atoms with Gasteiger partial charge in [0, 0.05) is 16.4 Å². The average Bonchev–Trinajstić information content (AvgIpc) is 2.92. The molecule has 0 aliphatic heterocycles. The average molecular weight is 347 g/mol. The standard InChI is InChI=1S/C10H11BrN4OS2/c1-13-10-15-8(12)7(18-10)9(16)14-4-6-5(11)2-3-17-6/h2-3H,4,12H2,1H3,(H,13,15)(H,14,16). The van der Waals surface area contributed by atoms with Crippen LogP contribution in [0.25, 0.3) is 0 Å². The summed E-state index contributed by atoms with van der Waals surface area (Å²) in [4.78, 5) is 17.5. The van der Waals surface area contributed by atoms with E-state index in [9.17, 15) is 4.79 Å². The molecule has 2 rings (SSSR count). The van der Waals surface area contributed by atoms with Crippen molar-refractivity contribution in [1.82, 2.24) is 10.3 Å². The maximum atomic E-state index is 11.9. The lowest BCUT2D eigenvalue weighted by molar-refractivity contribution is 0.0956. The second-order valence-corrected chi connectivity index (χ2v) is 6.21. The number of hydrogen-bond acceptors (Lipinski definition) is 6. The molecule has 4 N–H and O–H groups in total. The third-order valence-corrected chi connectivity index (χ3v) is 5.19. The molecule has 0 atom stereocenters. The van der Waals surface area contributed by atoms with Crippen molar-refractivity contribution in [1.29, 1.82) is 0 Å². The van der Waals surface area contributed by atoms with E-state index in [1.54, 1.807) is 18.4 Å². The molecule has 0 bridgehead atoms. The molecule has 5 nitrogen and oxygen atoms in total. The normalized spacial score (nSPS) is 10.3. The Kier molecular flexibility index (Phi) is 4.20. The van der Waals surface area contributed by atoms with E-state index in [2.05, 4.69) is 31.5 Å². The topological polar surface area (TPSA) is 80.0 Å². The number of carbonyl (C=O) groups excluding carboxylic acids is 1. The monoisotopic (exact) mass is 346 g/mol. The van der Waals surface area contributed by atoms with Crippen LogP contribution in [0.5, 0.6) is 0 Å². The fraction of sp³-hybridized carbons (Fsp3) is 0.200. The van der Waals surface area contributed by atoms with Gasteiger partial charge in [0.1, 0.15) is 10.7 Å². The third-order valence-electron chi connectivity index (χ3n) is 2.17. The summed E-state index contributed by atoms with van der Waals surface area (Å²) in [5, 5.41) is 8.29. The van der Waals surface area contributed by atoms with Crippen LogP contribution in [0.15, 0.2) is 15.9 Å². The third kappa shape index (κ3) is 2.82. The van der Waals surface area contributed by atoms with Crippen molar-refractivity contribution < 1.29 is 4.79 Å². The van der Waals surface area contributed by atoms with Crippen LogP contribution in [0.3, 0.4) is 0 Å². The van der Waals surface area contributed by atoms with Crippen molar-refractivity contribution in [3.8, 4) is 0 Å². The van der Waals surface area contributed by atoms with E-state index in [4.69, 9.17) is 5.73 Å². The lowest BCUT2D eigenvalue weighted by Gasteiger charge is -2.02. The Morgan fingerprint density at radius 3 is 2.94 bits per heavy atom. The second-order valence-electron chi connectivity index (χ2n) is 3.36. The molecule has 0 radical (unpaired) electrons. The Morgan fingerprint density at radius 1 is 1.61 bits per heavy atom. The molecule has 0 unspecified atom stereocenters. The summed E-state index contributed by atoms with van der Waals surface area (Å²) in [5.41, 5.74) is 5.69. The van der Waals surface area contributed by atoms with Gasteiger partial charge in [-0.1, -0.05) is 11.3 Å². The van der Waals surface area contributed by atoms with Gasteiger partial charge in [0.15, 0.2) is 5.13 Å². The highest BCUT2D eigenvalue weighted by molar-refractivity contribution is 9.10. The number of hydrogen-bond donors (Lipinski definition) is 3. The zero-order valence-corrected chi connectivity index (χ0v) is 12.7. The molecule has 0 aliphatic rings. The highest BCUT2D eigenvalue weighted by atomic mass is 79.9. The Bertz CT molecular complexity index is 566. The maximum absolute atomic E-state index is 11.9. The number of thiophene rings is 1. The van der Waals surface area contributed by atoms with Gasteiger partial charge >= 0.3 is 0 Å². The van der Waals surface area contributed by atoms with Gasteiger partial charge in [-0.3, -0.25) is 4.79 Å². The number of rotatable bonds is 4. The smallest absolute Gasteiger partial charge is 0.265 e. The molecule has 0 aliphatic carbocycles. The van der Waals surface area contributed by atoms with Crippen LogP contribution in [0.1, 0.15) is 14.5 Å². The van der Waals surface area contributed by atoms with Gasteiger partial charge in [-0.05, 0) is 27.4 Å². The Balaban J connectivity index is 2.03. The number of nitrogen functional groups attached to an aromatic ring is 1. The number of carbonyl (C=O) groups is 1. The minimum Gasteiger partial charge on any atom is -0.382 e. The van der Waals surface area contributed by atoms with Gasteiger partial charge in [0.2, 0.25) is 0 Å². The molecule has 0 saturated heterocycles. The van der Waals surface area contributed by atoms with Crippen molar-refractivity contribution in [2.45, 2.75) is 6.54 Å². The SMILES string of the molecule is CNc1nc(N)c(C(=O)NCc2sccc2Br)s1. The zero-order chi connectivity index (χ0) is 13.1. The van der Waals surface area contributed by atoms with Crippen LogP contribution in [0.4, 0.5) is 10.9 Å². The van der Waals surface area contributed by atoms with Gasteiger partial charge in [0.25, 0.3) is 5.91 Å². The molecule has 0 aromatic carbocycles. The van der Waals surface area contributed by atoms with Crippen molar-refractivity contribution in [2.24, 2.45) is 0 Å². The summed E-state index contributed by atoms with van der Waals surface area (Å²) in [5.74, 6) is 0.0545. The van der Waals surface area contributed by atoms with Crippen molar-refractivity contribution in [2.75, 3.05) is 18.1 Å². The summed E-state index contributed by atoms with van der Waals surface area (Å²) >= 11 is 6.24. The molecule has 2 aromatic heterocycles. The van der Waals surface area contributed by atoms with E-state index >= 15 is 0 Å². The minimum atomic E-state index is -0.202. The molecule has 18 heavy (non-hydrogen) atoms. The number of halogens is 1. The van der Waals surface area contributed by atoms with E-state index in [0.717, 1.165) is 9.35 Å². The maximum Gasteiger partial charge on any atom is 0.265 e. The first-order valence-electron chi connectivity index (χ1n) is 5.06. The van der Waals surface area contributed by atoms with Crippen LogP contribution >= 0.6 is 38.6 Å². The first-order valence-corrected chi connectivity index (χ1v) is 7.55. The fourth-order valence-corrected chi connectivity index (χ4v) is 3.48. The molecular weight excluding hydrogens is 336 g/mol. The summed E-state index contributed by atoms with van der Waals surface area (Å²) in [6.45, 7) is 0.476. The van der Waals surface area contributed by atoms with Crippen molar-refractivity contribution >= 4 is 55.5 Å². The first-order chi connectivity index (χ1) is 8.61. The number of aromatic nitrogens is 1. The quantitative estimate of drug-likeness (QED) is 0.794. The number of thiazole rings is 1. The Morgan fingerprint density at radius 2 is 2.39 bits per heavy atom. The first kappa shape index (κ1) is 13.3. The lowest BCUT2D eigenvalue weighted by Crippen LogP contribution is -2.22. The summed E-state index contributed by atoms with van der Waals surface area (Å²) in [6.07, 6.45) is 0. The molecule has 1 amide bonds. The molecule has 2 aromatic rings. The second kappa shape index (κ2) is 5.68. The molecule has 96 valence electrons. The van der Waals surface area contributed by atoms with Crippen LogP contribution in [0.2, 0.25) is 0 Å². The van der Waals surface area contributed by atoms with Gasteiger partial charge in [-0.15, -0.1) is 11.3 Å². The molecule has 2 heterocycles. The largest absolute Gasteiger partial charge is 0.382 e. The highest BCUT2D eigenvalue weighted by Crippen LogP contribution is 2.25. The fourth-order valence-electron chi connectivity index (χ4n) is 1.29. The van der Waals surface area contributed by atoms with E-state index in [-0.39, 0.29) is 11.7 Å². The van der Waals surface area contributed by atoms with Gasteiger partial charge < -0.3 is 16.4 Å². The van der Waals surface area contributed by atoms with Crippen LogP contribution < -0.4 is 16.4 Å². The van der Waals surface area contributed by atoms with Crippen LogP contribution in [0, 0.1) is 0 Å². The van der Waals surface area contributed by atoms with E-state index < -0.39 is 0 Å².